The third-order valence-electron chi connectivity index (χ3n) is 4.80. The highest BCUT2D eigenvalue weighted by Gasteiger charge is 2.11. The molecular formula is C24H26N2O2. The maximum absolute atomic E-state index is 11.8. The van der Waals surface area contributed by atoms with Gasteiger partial charge in [-0.05, 0) is 75.2 Å². The zero-order valence-electron chi connectivity index (χ0n) is 16.9. The highest BCUT2D eigenvalue weighted by Crippen LogP contribution is 2.21. The molecular weight excluding hydrogens is 348 g/mol. The number of aromatic nitrogens is 1. The van der Waals surface area contributed by atoms with Crippen LogP contribution in [0.4, 0.5) is 5.69 Å². The smallest absolute Gasteiger partial charge is 0.338 e. The standard InChI is InChI=1S/C24H26N2O2/c1-5-19-7-11-22(12-8-19)25-16-21-15-17(3)26(18(21)4)23-13-9-20(10-14-23)24(27)28-6-2/h7-16H,5-6H2,1-4H3. The Morgan fingerprint density at radius 3 is 2.32 bits per heavy atom. The first-order valence-electron chi connectivity index (χ1n) is 9.63. The quantitative estimate of drug-likeness (QED) is 0.417. The van der Waals surface area contributed by atoms with Gasteiger partial charge >= 0.3 is 5.97 Å². The number of aryl methyl sites for hydroxylation is 2. The molecule has 0 saturated heterocycles. The average Bonchev–Trinajstić information content (AvgIpc) is 3.00. The summed E-state index contributed by atoms with van der Waals surface area (Å²) in [5.74, 6) is -0.295. The Hall–Kier alpha value is -3.14. The molecule has 4 heteroatoms. The number of hydrogen-bond acceptors (Lipinski definition) is 3. The summed E-state index contributed by atoms with van der Waals surface area (Å²) in [6, 6.07) is 17.9. The van der Waals surface area contributed by atoms with Crippen LogP contribution >= 0.6 is 0 Å². The molecule has 4 nitrogen and oxygen atoms in total. The Balaban J connectivity index is 1.85. The average molecular weight is 374 g/mol. The molecule has 0 unspecified atom stereocenters. The maximum atomic E-state index is 11.8. The number of carbonyl (C=O) groups is 1. The van der Waals surface area contributed by atoms with E-state index in [4.69, 9.17) is 4.74 Å². The molecule has 0 N–H and O–H groups in total. The molecule has 0 atom stereocenters. The van der Waals surface area contributed by atoms with Gasteiger partial charge in [-0.1, -0.05) is 19.1 Å². The molecule has 1 heterocycles. The van der Waals surface area contributed by atoms with Gasteiger partial charge in [-0.3, -0.25) is 4.99 Å². The van der Waals surface area contributed by atoms with E-state index >= 15 is 0 Å². The molecule has 0 fully saturated rings. The first kappa shape index (κ1) is 19.6. The largest absolute Gasteiger partial charge is 0.462 e. The molecule has 28 heavy (non-hydrogen) atoms. The second kappa shape index (κ2) is 8.70. The number of benzene rings is 2. The van der Waals surface area contributed by atoms with E-state index in [1.807, 2.05) is 30.5 Å². The van der Waals surface area contributed by atoms with Crippen molar-refractivity contribution in [3.63, 3.8) is 0 Å². The minimum Gasteiger partial charge on any atom is -0.462 e. The lowest BCUT2D eigenvalue weighted by atomic mass is 10.1. The van der Waals surface area contributed by atoms with Crippen molar-refractivity contribution in [1.29, 1.82) is 0 Å². The van der Waals surface area contributed by atoms with Crippen LogP contribution in [0.1, 0.15) is 46.7 Å². The maximum Gasteiger partial charge on any atom is 0.338 e. The topological polar surface area (TPSA) is 43.6 Å². The van der Waals surface area contributed by atoms with Gasteiger partial charge in [-0.25, -0.2) is 4.79 Å². The van der Waals surface area contributed by atoms with Gasteiger partial charge in [0.2, 0.25) is 0 Å². The lowest BCUT2D eigenvalue weighted by Gasteiger charge is -2.10. The van der Waals surface area contributed by atoms with E-state index < -0.39 is 0 Å². The van der Waals surface area contributed by atoms with Crippen molar-refractivity contribution >= 4 is 17.9 Å². The lowest BCUT2D eigenvalue weighted by molar-refractivity contribution is 0.0526. The Morgan fingerprint density at radius 2 is 1.71 bits per heavy atom. The molecule has 3 rings (SSSR count). The first-order valence-corrected chi connectivity index (χ1v) is 9.63. The number of esters is 1. The van der Waals surface area contributed by atoms with Crippen LogP contribution in [0.5, 0.6) is 0 Å². The molecule has 3 aromatic rings. The minimum atomic E-state index is -0.295. The van der Waals surface area contributed by atoms with Crippen LogP contribution in [0.25, 0.3) is 5.69 Å². The van der Waals surface area contributed by atoms with Crippen molar-refractivity contribution in [3.05, 3.63) is 82.7 Å². The number of nitrogens with zero attached hydrogens (tertiary/aromatic N) is 2. The molecule has 2 aromatic carbocycles. The van der Waals surface area contributed by atoms with Crippen LogP contribution < -0.4 is 0 Å². The van der Waals surface area contributed by atoms with E-state index in [2.05, 4.69) is 48.5 Å². The molecule has 0 aliphatic heterocycles. The van der Waals surface area contributed by atoms with E-state index in [0.29, 0.717) is 12.2 Å². The zero-order valence-corrected chi connectivity index (χ0v) is 16.9. The molecule has 0 radical (unpaired) electrons. The highest BCUT2D eigenvalue weighted by molar-refractivity contribution is 5.89. The van der Waals surface area contributed by atoms with Crippen molar-refractivity contribution < 1.29 is 9.53 Å². The molecule has 0 aliphatic rings. The number of hydrogen-bond donors (Lipinski definition) is 0. The van der Waals surface area contributed by atoms with Gasteiger partial charge in [-0.15, -0.1) is 0 Å². The summed E-state index contributed by atoms with van der Waals surface area (Å²) in [4.78, 5) is 16.5. The van der Waals surface area contributed by atoms with Crippen molar-refractivity contribution in [2.45, 2.75) is 34.1 Å². The Morgan fingerprint density at radius 1 is 1.04 bits per heavy atom. The molecule has 0 aliphatic carbocycles. The monoisotopic (exact) mass is 374 g/mol. The second-order valence-electron chi connectivity index (χ2n) is 6.71. The van der Waals surface area contributed by atoms with Gasteiger partial charge in [0.05, 0.1) is 17.9 Å². The van der Waals surface area contributed by atoms with Gasteiger partial charge in [0.15, 0.2) is 0 Å². The highest BCUT2D eigenvalue weighted by atomic mass is 16.5. The first-order chi connectivity index (χ1) is 13.5. The fourth-order valence-electron chi connectivity index (χ4n) is 3.24. The predicted molar refractivity (Wildman–Crippen MR) is 114 cm³/mol. The second-order valence-corrected chi connectivity index (χ2v) is 6.71. The van der Waals surface area contributed by atoms with E-state index in [9.17, 15) is 4.79 Å². The van der Waals surface area contributed by atoms with Crippen LogP contribution in [0.2, 0.25) is 0 Å². The summed E-state index contributed by atoms with van der Waals surface area (Å²) in [5.41, 5.74) is 7.12. The summed E-state index contributed by atoms with van der Waals surface area (Å²) in [5, 5.41) is 0. The van der Waals surface area contributed by atoms with Crippen molar-refractivity contribution in [1.82, 2.24) is 4.57 Å². The fraction of sp³-hybridized carbons (Fsp3) is 0.250. The molecule has 0 spiro atoms. The lowest BCUT2D eigenvalue weighted by Crippen LogP contribution is -2.05. The Kier molecular flexibility index (Phi) is 6.09. The van der Waals surface area contributed by atoms with E-state index in [0.717, 1.165) is 34.7 Å². The van der Waals surface area contributed by atoms with E-state index in [-0.39, 0.29) is 5.97 Å². The summed E-state index contributed by atoms with van der Waals surface area (Å²) in [6.07, 6.45) is 2.94. The molecule has 0 amide bonds. The number of aliphatic imine (C=N–C) groups is 1. The van der Waals surface area contributed by atoms with Crippen LogP contribution in [0, 0.1) is 13.8 Å². The Bertz CT molecular complexity index is 981. The van der Waals surface area contributed by atoms with Crippen LogP contribution in [-0.2, 0) is 11.2 Å². The summed E-state index contributed by atoms with van der Waals surface area (Å²) in [7, 11) is 0. The molecule has 0 bridgehead atoms. The normalized spacial score (nSPS) is 11.1. The molecule has 1 aromatic heterocycles. The Labute approximate surface area is 166 Å². The van der Waals surface area contributed by atoms with Crippen LogP contribution in [-0.4, -0.2) is 23.4 Å². The van der Waals surface area contributed by atoms with Crippen LogP contribution in [0.3, 0.4) is 0 Å². The van der Waals surface area contributed by atoms with Gasteiger partial charge < -0.3 is 9.30 Å². The SMILES string of the molecule is CCOC(=O)c1ccc(-n2c(C)cc(C=Nc3ccc(CC)cc3)c2C)cc1. The van der Waals surface area contributed by atoms with E-state index in [1.54, 1.807) is 19.1 Å². The summed E-state index contributed by atoms with van der Waals surface area (Å²) < 4.78 is 7.21. The predicted octanol–water partition coefficient (Wildman–Crippen LogP) is 5.58. The van der Waals surface area contributed by atoms with E-state index in [1.165, 1.54) is 5.56 Å². The minimum absolute atomic E-state index is 0.295. The molecule has 0 saturated carbocycles. The zero-order chi connectivity index (χ0) is 20.1. The summed E-state index contributed by atoms with van der Waals surface area (Å²) >= 11 is 0. The van der Waals surface area contributed by atoms with Gasteiger partial charge in [0.25, 0.3) is 0 Å². The van der Waals surface area contributed by atoms with Crippen molar-refractivity contribution in [2.24, 2.45) is 4.99 Å². The number of carbonyl (C=O) groups excluding carboxylic acids is 1. The van der Waals surface area contributed by atoms with Crippen molar-refractivity contribution in [2.75, 3.05) is 6.61 Å². The van der Waals surface area contributed by atoms with Gasteiger partial charge in [0.1, 0.15) is 0 Å². The summed E-state index contributed by atoms with van der Waals surface area (Å²) in [6.45, 7) is 8.47. The van der Waals surface area contributed by atoms with Crippen LogP contribution in [0.15, 0.2) is 59.6 Å². The van der Waals surface area contributed by atoms with Gasteiger partial charge in [0, 0.05) is 28.9 Å². The third-order valence-corrected chi connectivity index (χ3v) is 4.80. The molecule has 144 valence electrons. The fourth-order valence-corrected chi connectivity index (χ4v) is 3.24. The number of rotatable bonds is 6. The number of ether oxygens (including phenoxy) is 1. The van der Waals surface area contributed by atoms with Crippen molar-refractivity contribution in [3.8, 4) is 5.69 Å². The third kappa shape index (κ3) is 4.22. The van der Waals surface area contributed by atoms with Gasteiger partial charge in [-0.2, -0.15) is 0 Å².